The number of hydrogen-bond donors (Lipinski definition) is 3. The molecule has 2 heterocycles. The van der Waals surface area contributed by atoms with Crippen molar-refractivity contribution in [2.75, 3.05) is 25.0 Å². The summed E-state index contributed by atoms with van der Waals surface area (Å²) < 4.78 is 5.64. The maximum absolute atomic E-state index is 12.0. The third-order valence-corrected chi connectivity index (χ3v) is 5.44. The smallest absolute Gasteiger partial charge is 0.226 e. The summed E-state index contributed by atoms with van der Waals surface area (Å²) in [6.45, 7) is 6.07. The molecule has 0 fully saturated rings. The van der Waals surface area contributed by atoms with Crippen LogP contribution in [0, 0.1) is 6.92 Å². The minimum absolute atomic E-state index is 0. The van der Waals surface area contributed by atoms with E-state index in [9.17, 15) is 4.79 Å². The van der Waals surface area contributed by atoms with Gasteiger partial charge in [0.25, 0.3) is 0 Å². The van der Waals surface area contributed by atoms with Crippen LogP contribution in [0.4, 0.5) is 5.69 Å². The van der Waals surface area contributed by atoms with Crippen molar-refractivity contribution in [2.24, 2.45) is 4.99 Å². The van der Waals surface area contributed by atoms with Crippen LogP contribution in [0.25, 0.3) is 11.5 Å². The van der Waals surface area contributed by atoms with E-state index in [1.54, 1.807) is 6.26 Å². The number of anilines is 1. The van der Waals surface area contributed by atoms with Gasteiger partial charge in [0, 0.05) is 43.1 Å². The van der Waals surface area contributed by atoms with E-state index >= 15 is 0 Å². The SMILES string of the molecule is CCNC(=NCC1CC(=O)Nc2ccccc21)NCCc1coc(-c2ccc(C)cc2)n1.I. The van der Waals surface area contributed by atoms with E-state index in [-0.39, 0.29) is 35.8 Å². The molecule has 0 saturated carbocycles. The van der Waals surface area contributed by atoms with Gasteiger partial charge < -0.3 is 20.4 Å². The second-order valence-corrected chi connectivity index (χ2v) is 7.94. The minimum Gasteiger partial charge on any atom is -0.444 e. The van der Waals surface area contributed by atoms with Crippen molar-refractivity contribution in [1.82, 2.24) is 15.6 Å². The lowest BCUT2D eigenvalue weighted by atomic mass is 9.91. The van der Waals surface area contributed by atoms with E-state index in [0.717, 1.165) is 35.0 Å². The van der Waals surface area contributed by atoms with E-state index in [1.807, 2.05) is 49.4 Å². The normalized spacial score (nSPS) is 15.3. The van der Waals surface area contributed by atoms with Gasteiger partial charge in [-0.15, -0.1) is 24.0 Å². The first-order valence-electron chi connectivity index (χ1n) is 11.0. The third-order valence-electron chi connectivity index (χ3n) is 5.44. The molecule has 2 aromatic carbocycles. The molecule has 0 bridgehead atoms. The first kappa shape index (κ1) is 24.8. The summed E-state index contributed by atoms with van der Waals surface area (Å²) in [6, 6.07) is 16.1. The van der Waals surface area contributed by atoms with Crippen LogP contribution < -0.4 is 16.0 Å². The second-order valence-electron chi connectivity index (χ2n) is 7.94. The number of amides is 1. The van der Waals surface area contributed by atoms with Crippen LogP contribution >= 0.6 is 24.0 Å². The highest BCUT2D eigenvalue weighted by molar-refractivity contribution is 14.0. The molecule has 1 aliphatic heterocycles. The summed E-state index contributed by atoms with van der Waals surface area (Å²) in [5, 5.41) is 9.57. The number of oxazole rings is 1. The maximum atomic E-state index is 12.0. The molecule has 1 atom stereocenters. The molecule has 3 N–H and O–H groups in total. The molecule has 4 rings (SSSR count). The number of para-hydroxylation sites is 1. The van der Waals surface area contributed by atoms with Gasteiger partial charge in [-0.2, -0.15) is 0 Å². The van der Waals surface area contributed by atoms with Gasteiger partial charge in [0.1, 0.15) is 6.26 Å². The number of halogens is 1. The number of carbonyl (C=O) groups excluding carboxylic acids is 1. The molecule has 0 spiro atoms. The van der Waals surface area contributed by atoms with Crippen molar-refractivity contribution >= 4 is 41.5 Å². The second kappa shape index (κ2) is 11.8. The monoisotopic (exact) mass is 559 g/mol. The number of hydrogen-bond acceptors (Lipinski definition) is 4. The predicted molar refractivity (Wildman–Crippen MR) is 142 cm³/mol. The van der Waals surface area contributed by atoms with Gasteiger partial charge in [0.15, 0.2) is 5.96 Å². The van der Waals surface area contributed by atoms with E-state index in [4.69, 9.17) is 9.41 Å². The van der Waals surface area contributed by atoms with Gasteiger partial charge >= 0.3 is 0 Å². The summed E-state index contributed by atoms with van der Waals surface area (Å²) in [5.74, 6) is 1.48. The van der Waals surface area contributed by atoms with Crippen molar-refractivity contribution < 1.29 is 9.21 Å². The molecular formula is C25H30IN5O2. The lowest BCUT2D eigenvalue weighted by Crippen LogP contribution is -2.39. The van der Waals surface area contributed by atoms with Crippen LogP contribution in [0.1, 0.15) is 36.1 Å². The highest BCUT2D eigenvalue weighted by atomic mass is 127. The molecule has 174 valence electrons. The Morgan fingerprint density at radius 3 is 2.76 bits per heavy atom. The van der Waals surface area contributed by atoms with Crippen molar-refractivity contribution in [3.8, 4) is 11.5 Å². The third kappa shape index (κ3) is 6.56. The number of aliphatic imine (C=N–C) groups is 1. The first-order chi connectivity index (χ1) is 15.6. The van der Waals surface area contributed by atoms with Crippen molar-refractivity contribution in [3.63, 3.8) is 0 Å². The molecule has 1 amide bonds. The average Bonchev–Trinajstić information content (AvgIpc) is 3.26. The number of rotatable bonds is 7. The summed E-state index contributed by atoms with van der Waals surface area (Å²) in [6.07, 6.45) is 2.87. The lowest BCUT2D eigenvalue weighted by Gasteiger charge is -2.24. The van der Waals surface area contributed by atoms with Gasteiger partial charge in [-0.25, -0.2) is 4.98 Å². The summed E-state index contributed by atoms with van der Waals surface area (Å²) in [7, 11) is 0. The van der Waals surface area contributed by atoms with E-state index < -0.39 is 0 Å². The van der Waals surface area contributed by atoms with Crippen molar-refractivity contribution in [2.45, 2.75) is 32.6 Å². The standard InChI is InChI=1S/C25H29N5O2.HI/c1-3-26-25(28-15-19-14-23(31)30-22-7-5-4-6-21(19)22)27-13-12-20-16-32-24(29-20)18-10-8-17(2)9-11-18;/h4-11,16,19H,3,12-15H2,1-2H3,(H,30,31)(H2,26,27,28);1H. The van der Waals surface area contributed by atoms with E-state index in [1.165, 1.54) is 5.56 Å². The first-order valence-corrected chi connectivity index (χ1v) is 11.0. The number of aromatic nitrogens is 1. The van der Waals surface area contributed by atoms with Gasteiger partial charge in [0.2, 0.25) is 11.8 Å². The van der Waals surface area contributed by atoms with Gasteiger partial charge in [-0.1, -0.05) is 35.9 Å². The van der Waals surface area contributed by atoms with Crippen LogP contribution in [0.15, 0.2) is 64.2 Å². The fourth-order valence-corrected chi connectivity index (χ4v) is 3.77. The fourth-order valence-electron chi connectivity index (χ4n) is 3.77. The minimum atomic E-state index is 0. The predicted octanol–water partition coefficient (Wildman–Crippen LogP) is 4.49. The van der Waals surface area contributed by atoms with Crippen LogP contribution in [-0.4, -0.2) is 36.5 Å². The topological polar surface area (TPSA) is 91.5 Å². The van der Waals surface area contributed by atoms with Crippen LogP contribution in [0.2, 0.25) is 0 Å². The Morgan fingerprint density at radius 1 is 1.18 bits per heavy atom. The van der Waals surface area contributed by atoms with Crippen molar-refractivity contribution in [1.29, 1.82) is 0 Å². The molecule has 1 aromatic heterocycles. The Morgan fingerprint density at radius 2 is 1.97 bits per heavy atom. The average molecular weight is 559 g/mol. The fraction of sp³-hybridized carbons (Fsp3) is 0.320. The van der Waals surface area contributed by atoms with Gasteiger partial charge in [-0.05, 0) is 37.6 Å². The Labute approximate surface area is 211 Å². The largest absolute Gasteiger partial charge is 0.444 e. The zero-order valence-corrected chi connectivity index (χ0v) is 21.3. The number of guanidine groups is 1. The highest BCUT2D eigenvalue weighted by Crippen LogP contribution is 2.32. The molecule has 1 aliphatic rings. The van der Waals surface area contributed by atoms with Gasteiger partial charge in [0.05, 0.1) is 12.2 Å². The summed E-state index contributed by atoms with van der Waals surface area (Å²) in [5.41, 5.74) is 5.09. The zero-order valence-electron chi connectivity index (χ0n) is 18.9. The molecule has 0 saturated heterocycles. The molecule has 7 nitrogen and oxygen atoms in total. The Bertz CT molecular complexity index is 1090. The Hall–Kier alpha value is -2.88. The quantitative estimate of drug-likeness (QED) is 0.226. The molecule has 1 unspecified atom stereocenters. The maximum Gasteiger partial charge on any atom is 0.226 e. The van der Waals surface area contributed by atoms with Crippen LogP contribution in [0.5, 0.6) is 0 Å². The molecular weight excluding hydrogens is 529 g/mol. The van der Waals surface area contributed by atoms with Gasteiger partial charge in [-0.3, -0.25) is 9.79 Å². The number of nitrogens with one attached hydrogen (secondary N) is 3. The highest BCUT2D eigenvalue weighted by Gasteiger charge is 2.24. The van der Waals surface area contributed by atoms with Crippen molar-refractivity contribution in [3.05, 3.63) is 71.6 Å². The number of fused-ring (bicyclic) bond motifs is 1. The van der Waals surface area contributed by atoms with E-state index in [0.29, 0.717) is 31.8 Å². The molecule has 0 radical (unpaired) electrons. The van der Waals surface area contributed by atoms with Crippen LogP contribution in [-0.2, 0) is 11.2 Å². The Balaban J connectivity index is 0.00000306. The molecule has 0 aliphatic carbocycles. The number of aryl methyl sites for hydroxylation is 1. The van der Waals surface area contributed by atoms with Crippen LogP contribution in [0.3, 0.4) is 0 Å². The molecule has 3 aromatic rings. The number of benzene rings is 2. The number of nitrogens with zero attached hydrogens (tertiary/aromatic N) is 2. The molecule has 33 heavy (non-hydrogen) atoms. The zero-order chi connectivity index (χ0) is 22.3. The lowest BCUT2D eigenvalue weighted by molar-refractivity contribution is -0.116. The Kier molecular flexibility index (Phi) is 8.87. The number of carbonyl (C=O) groups is 1. The van der Waals surface area contributed by atoms with E-state index in [2.05, 4.69) is 33.9 Å². The summed E-state index contributed by atoms with van der Waals surface area (Å²) >= 11 is 0. The molecule has 8 heteroatoms. The summed E-state index contributed by atoms with van der Waals surface area (Å²) in [4.78, 5) is 21.4.